The molecule has 0 spiro atoms. The molecule has 0 saturated carbocycles. The zero-order valence-electron chi connectivity index (χ0n) is 16.0. The van der Waals surface area contributed by atoms with E-state index in [0.717, 1.165) is 57.1 Å². The van der Waals surface area contributed by atoms with E-state index in [1.165, 1.54) is 0 Å². The van der Waals surface area contributed by atoms with E-state index < -0.39 is 0 Å². The number of nitrogens with zero attached hydrogens (tertiary/aromatic N) is 1. The molecular weight excluding hydrogens is 362 g/mol. The summed E-state index contributed by atoms with van der Waals surface area (Å²) in [5, 5.41) is 19.8. The molecule has 0 aromatic heterocycles. The summed E-state index contributed by atoms with van der Waals surface area (Å²) in [4.78, 5) is 25.0. The molecule has 0 unspecified atom stereocenters. The molecule has 1 aliphatic heterocycles. The highest BCUT2D eigenvalue weighted by Crippen LogP contribution is 2.19. The summed E-state index contributed by atoms with van der Waals surface area (Å²) in [6.45, 7) is 4.49. The lowest BCUT2D eigenvalue weighted by Crippen LogP contribution is -2.45. The lowest BCUT2D eigenvalue weighted by Gasteiger charge is -2.34. The first-order valence-corrected chi connectivity index (χ1v) is 10.2. The molecule has 1 atom stereocenters. The molecule has 154 valence electrons. The maximum absolute atomic E-state index is 11.8. The third kappa shape index (κ3) is 12.5. The second-order valence-corrected chi connectivity index (χ2v) is 6.80. The number of aliphatic hydroxyl groups is 1. The number of aliphatic hydroxyl groups excluding tert-OH is 1. The van der Waals surface area contributed by atoms with E-state index in [-0.39, 0.29) is 30.6 Å². The van der Waals surface area contributed by atoms with E-state index in [0.29, 0.717) is 12.8 Å². The van der Waals surface area contributed by atoms with E-state index >= 15 is 0 Å². The number of likely N-dealkylation sites (tertiary alicyclic amines) is 1. The standard InChI is InChI=1S/C16H29NO4.CH4O3S/c1-13(2)21-16(20)10-5-3-4-6-11-17-14(12-18)8-7-9-15(17)19;1-5-4-3-2/h13-14,18H,3-12H2,1-2H3;2H,1H3/t14-;/m1./s1. The summed E-state index contributed by atoms with van der Waals surface area (Å²) in [5.41, 5.74) is 0. The van der Waals surface area contributed by atoms with Crippen molar-refractivity contribution < 1.29 is 34.1 Å². The second kappa shape index (κ2) is 16.3. The highest BCUT2D eigenvalue weighted by atomic mass is 32.2. The molecule has 0 aromatic rings. The van der Waals surface area contributed by atoms with Gasteiger partial charge in [0.1, 0.15) is 0 Å². The Balaban J connectivity index is 0.00000110. The van der Waals surface area contributed by atoms with Crippen LogP contribution in [0.15, 0.2) is 0 Å². The van der Waals surface area contributed by atoms with Crippen molar-refractivity contribution in [2.45, 2.75) is 77.4 Å². The Hall–Kier alpha value is -0.870. The first kappa shape index (κ1) is 25.1. The average molecular weight is 396 g/mol. The van der Waals surface area contributed by atoms with Gasteiger partial charge in [-0.15, -0.1) is 4.33 Å². The first-order valence-electron chi connectivity index (χ1n) is 9.06. The minimum atomic E-state index is -0.128. The normalized spacial score (nSPS) is 17.1. The summed E-state index contributed by atoms with van der Waals surface area (Å²) in [6.07, 6.45) is 8.19. The topological polar surface area (TPSA) is 106 Å². The Morgan fingerprint density at radius 3 is 2.54 bits per heavy atom. The van der Waals surface area contributed by atoms with Crippen molar-refractivity contribution in [1.29, 1.82) is 0 Å². The zero-order valence-corrected chi connectivity index (χ0v) is 16.8. The largest absolute Gasteiger partial charge is 0.463 e. The SMILES string of the molecule is CC(C)OC(=O)CCCCCCN1C(=O)CCC[C@@H]1CO.CSOOO. The maximum atomic E-state index is 11.8. The monoisotopic (exact) mass is 395 g/mol. The molecule has 0 radical (unpaired) electrons. The summed E-state index contributed by atoms with van der Waals surface area (Å²) in [6, 6.07) is 0.00673. The number of amides is 1. The lowest BCUT2D eigenvalue weighted by atomic mass is 10.0. The summed E-state index contributed by atoms with van der Waals surface area (Å²) in [5.74, 6) is 0.0392. The fourth-order valence-corrected chi connectivity index (χ4v) is 2.81. The summed E-state index contributed by atoms with van der Waals surface area (Å²) >= 11 is 0.929. The molecule has 0 bridgehead atoms. The van der Waals surface area contributed by atoms with E-state index in [1.54, 1.807) is 6.26 Å². The van der Waals surface area contributed by atoms with Crippen LogP contribution in [0.25, 0.3) is 0 Å². The summed E-state index contributed by atoms with van der Waals surface area (Å²) < 4.78 is 8.88. The van der Waals surface area contributed by atoms with Gasteiger partial charge in [-0.1, -0.05) is 17.9 Å². The molecule has 9 heteroatoms. The van der Waals surface area contributed by atoms with Crippen LogP contribution in [0, 0.1) is 0 Å². The number of carbonyl (C=O) groups excluding carboxylic acids is 2. The molecule has 1 fully saturated rings. The van der Waals surface area contributed by atoms with Gasteiger partial charge in [0.2, 0.25) is 5.91 Å². The molecule has 1 saturated heterocycles. The van der Waals surface area contributed by atoms with Crippen LogP contribution >= 0.6 is 12.0 Å². The van der Waals surface area contributed by atoms with Crippen LogP contribution in [0.2, 0.25) is 0 Å². The number of rotatable bonds is 11. The van der Waals surface area contributed by atoms with Crippen LogP contribution in [-0.2, 0) is 23.7 Å². The van der Waals surface area contributed by atoms with Crippen molar-refractivity contribution in [2.24, 2.45) is 0 Å². The molecule has 26 heavy (non-hydrogen) atoms. The van der Waals surface area contributed by atoms with E-state index in [4.69, 9.17) is 9.99 Å². The van der Waals surface area contributed by atoms with Crippen molar-refractivity contribution in [1.82, 2.24) is 4.90 Å². The number of hydrogen-bond donors (Lipinski definition) is 2. The van der Waals surface area contributed by atoms with Crippen LogP contribution in [-0.4, -0.2) is 58.7 Å². The van der Waals surface area contributed by atoms with Crippen LogP contribution in [0.5, 0.6) is 0 Å². The first-order chi connectivity index (χ1) is 12.5. The number of carbonyl (C=O) groups is 2. The number of piperidine rings is 1. The average Bonchev–Trinajstić information content (AvgIpc) is 2.59. The number of esters is 1. The molecule has 0 aromatic carbocycles. The van der Waals surface area contributed by atoms with Gasteiger partial charge in [0.25, 0.3) is 0 Å². The summed E-state index contributed by atoms with van der Waals surface area (Å²) in [7, 11) is 0. The van der Waals surface area contributed by atoms with Gasteiger partial charge in [0.05, 0.1) is 18.8 Å². The molecule has 0 aliphatic carbocycles. The Bertz CT molecular complexity index is 380. The molecule has 2 N–H and O–H groups in total. The number of hydrogen-bond acceptors (Lipinski definition) is 8. The van der Waals surface area contributed by atoms with E-state index in [9.17, 15) is 14.7 Å². The lowest BCUT2D eigenvalue weighted by molar-refractivity contribution is -0.432. The molecular formula is C17H33NO7S. The Labute approximate surface area is 160 Å². The van der Waals surface area contributed by atoms with Gasteiger partial charge >= 0.3 is 5.97 Å². The zero-order chi connectivity index (χ0) is 19.8. The minimum Gasteiger partial charge on any atom is -0.463 e. The predicted molar refractivity (Wildman–Crippen MR) is 99.1 cm³/mol. The van der Waals surface area contributed by atoms with Gasteiger partial charge in [-0.2, -0.15) is 0 Å². The van der Waals surface area contributed by atoms with Gasteiger partial charge in [-0.25, -0.2) is 5.26 Å². The Kier molecular flexibility index (Phi) is 15.8. The predicted octanol–water partition coefficient (Wildman–Crippen LogP) is 2.95. The van der Waals surface area contributed by atoms with Gasteiger partial charge in [-0.3, -0.25) is 9.59 Å². The van der Waals surface area contributed by atoms with Crippen molar-refractivity contribution in [3.8, 4) is 0 Å². The maximum Gasteiger partial charge on any atom is 0.306 e. The second-order valence-electron chi connectivity index (χ2n) is 6.33. The number of unbranched alkanes of at least 4 members (excludes halogenated alkanes) is 3. The van der Waals surface area contributed by atoms with Crippen molar-refractivity contribution in [3.05, 3.63) is 0 Å². The molecule has 1 heterocycles. The van der Waals surface area contributed by atoms with Gasteiger partial charge in [0.15, 0.2) is 0 Å². The Morgan fingerprint density at radius 1 is 1.31 bits per heavy atom. The third-order valence-electron chi connectivity index (χ3n) is 3.90. The Morgan fingerprint density at radius 2 is 2.00 bits per heavy atom. The van der Waals surface area contributed by atoms with E-state index in [1.807, 2.05) is 18.7 Å². The highest BCUT2D eigenvalue weighted by Gasteiger charge is 2.26. The molecule has 1 rings (SSSR count). The quantitative estimate of drug-likeness (QED) is 0.181. The smallest absolute Gasteiger partial charge is 0.306 e. The molecule has 8 nitrogen and oxygen atoms in total. The fraction of sp³-hybridized carbons (Fsp3) is 0.882. The van der Waals surface area contributed by atoms with Gasteiger partial charge in [0, 0.05) is 37.7 Å². The number of ether oxygens (including phenoxy) is 1. The van der Waals surface area contributed by atoms with Crippen LogP contribution in [0.3, 0.4) is 0 Å². The van der Waals surface area contributed by atoms with Crippen LogP contribution in [0.1, 0.15) is 65.2 Å². The minimum absolute atomic E-state index is 0.00673. The van der Waals surface area contributed by atoms with Gasteiger partial charge < -0.3 is 14.7 Å². The van der Waals surface area contributed by atoms with Crippen LogP contribution < -0.4 is 0 Å². The third-order valence-corrected chi connectivity index (χ3v) is 4.09. The van der Waals surface area contributed by atoms with Crippen molar-refractivity contribution in [2.75, 3.05) is 19.4 Å². The molecule has 1 aliphatic rings. The van der Waals surface area contributed by atoms with Crippen molar-refractivity contribution >= 4 is 23.9 Å². The highest BCUT2D eigenvalue weighted by molar-refractivity contribution is 7.93. The van der Waals surface area contributed by atoms with Crippen LogP contribution in [0.4, 0.5) is 0 Å². The molecule has 1 amide bonds. The van der Waals surface area contributed by atoms with Crippen molar-refractivity contribution in [3.63, 3.8) is 0 Å². The van der Waals surface area contributed by atoms with E-state index in [2.05, 4.69) is 9.37 Å². The fourth-order valence-electron chi connectivity index (χ4n) is 2.75. The van der Waals surface area contributed by atoms with Gasteiger partial charge in [-0.05, 0) is 39.5 Å².